The van der Waals surface area contributed by atoms with Gasteiger partial charge in [0.1, 0.15) is 0 Å². The van der Waals surface area contributed by atoms with E-state index in [0.717, 1.165) is 6.42 Å². The maximum atomic E-state index is 8.89. The van der Waals surface area contributed by atoms with Crippen LogP contribution in [0.4, 0.5) is 0 Å². The van der Waals surface area contributed by atoms with Gasteiger partial charge in [0.25, 0.3) is 0 Å². The topological polar surface area (TPSA) is 20.2 Å². The van der Waals surface area contributed by atoms with Crippen LogP contribution in [0.25, 0.3) is 0 Å². The van der Waals surface area contributed by atoms with Gasteiger partial charge in [-0.25, -0.2) is 0 Å². The summed E-state index contributed by atoms with van der Waals surface area (Å²) in [6, 6.07) is 6.83. The minimum absolute atomic E-state index is 0.290. The molecule has 2 rings (SSSR count). The number of aryl methyl sites for hydroxylation is 2. The summed E-state index contributed by atoms with van der Waals surface area (Å²) < 4.78 is 0. The highest BCUT2D eigenvalue weighted by Crippen LogP contribution is 2.27. The van der Waals surface area contributed by atoms with E-state index in [0.29, 0.717) is 5.92 Å². The summed E-state index contributed by atoms with van der Waals surface area (Å²) in [5, 5.41) is 8.89. The predicted molar refractivity (Wildman–Crippen MR) is 58.6 cm³/mol. The first-order valence-electron chi connectivity index (χ1n) is 5.54. The van der Waals surface area contributed by atoms with Crippen molar-refractivity contribution < 1.29 is 5.11 Å². The molecule has 0 amide bonds. The SMILES string of the molecule is C[C@@H](CCO)c1ccc2c(c1)CCC2. The van der Waals surface area contributed by atoms with Crippen molar-refractivity contribution in [1.29, 1.82) is 0 Å². The van der Waals surface area contributed by atoms with Gasteiger partial charge in [0.2, 0.25) is 0 Å². The predicted octanol–water partition coefficient (Wildman–Crippen LogP) is 2.66. The third-order valence-corrected chi connectivity index (χ3v) is 3.25. The number of fused-ring (bicyclic) bond motifs is 1. The lowest BCUT2D eigenvalue weighted by molar-refractivity contribution is 0.278. The Balaban J connectivity index is 2.19. The van der Waals surface area contributed by atoms with E-state index in [1.807, 2.05) is 0 Å². The zero-order valence-electron chi connectivity index (χ0n) is 8.79. The van der Waals surface area contributed by atoms with E-state index >= 15 is 0 Å². The first-order chi connectivity index (χ1) is 6.81. The zero-order valence-corrected chi connectivity index (χ0v) is 8.79. The molecular weight excluding hydrogens is 172 g/mol. The monoisotopic (exact) mass is 190 g/mol. The Morgan fingerprint density at radius 2 is 2.07 bits per heavy atom. The molecule has 1 atom stereocenters. The Labute approximate surface area is 85.8 Å². The van der Waals surface area contributed by atoms with Gasteiger partial charge in [-0.15, -0.1) is 0 Å². The molecule has 1 N–H and O–H groups in total. The van der Waals surface area contributed by atoms with Crippen LogP contribution >= 0.6 is 0 Å². The maximum Gasteiger partial charge on any atom is 0.0436 e. The lowest BCUT2D eigenvalue weighted by Crippen LogP contribution is -1.97. The van der Waals surface area contributed by atoms with Gasteiger partial charge in [-0.1, -0.05) is 25.1 Å². The van der Waals surface area contributed by atoms with Crippen molar-refractivity contribution in [3.8, 4) is 0 Å². The van der Waals surface area contributed by atoms with E-state index in [2.05, 4.69) is 25.1 Å². The van der Waals surface area contributed by atoms with E-state index in [1.54, 1.807) is 0 Å². The van der Waals surface area contributed by atoms with Crippen molar-refractivity contribution >= 4 is 0 Å². The summed E-state index contributed by atoms with van der Waals surface area (Å²) in [7, 11) is 0. The molecule has 0 fully saturated rings. The second-order valence-electron chi connectivity index (χ2n) is 4.30. The normalized spacial score (nSPS) is 16.7. The van der Waals surface area contributed by atoms with Crippen molar-refractivity contribution in [1.82, 2.24) is 0 Å². The van der Waals surface area contributed by atoms with Crippen molar-refractivity contribution in [2.24, 2.45) is 0 Å². The number of hydrogen-bond acceptors (Lipinski definition) is 1. The van der Waals surface area contributed by atoms with Crippen LogP contribution in [0.2, 0.25) is 0 Å². The Morgan fingerprint density at radius 1 is 1.29 bits per heavy atom. The largest absolute Gasteiger partial charge is 0.396 e. The van der Waals surface area contributed by atoms with Crippen molar-refractivity contribution in [2.45, 2.75) is 38.5 Å². The average Bonchev–Trinajstić information content (AvgIpc) is 2.64. The summed E-state index contributed by atoms with van der Waals surface area (Å²) in [5.74, 6) is 0.492. The molecule has 0 unspecified atom stereocenters. The molecule has 76 valence electrons. The highest BCUT2D eigenvalue weighted by Gasteiger charge is 2.12. The average molecular weight is 190 g/mol. The van der Waals surface area contributed by atoms with Gasteiger partial charge in [0.15, 0.2) is 0 Å². The number of benzene rings is 1. The van der Waals surface area contributed by atoms with Gasteiger partial charge >= 0.3 is 0 Å². The molecule has 0 heterocycles. The lowest BCUT2D eigenvalue weighted by atomic mass is 9.95. The van der Waals surface area contributed by atoms with Crippen molar-refractivity contribution in [3.63, 3.8) is 0 Å². The molecule has 0 radical (unpaired) electrons. The zero-order chi connectivity index (χ0) is 9.97. The first-order valence-corrected chi connectivity index (χ1v) is 5.54. The van der Waals surface area contributed by atoms with Gasteiger partial charge in [-0.05, 0) is 48.3 Å². The van der Waals surface area contributed by atoms with E-state index in [4.69, 9.17) is 5.11 Å². The third kappa shape index (κ3) is 1.83. The standard InChI is InChI=1S/C13H18O/c1-10(7-8-14)12-6-5-11-3-2-4-13(11)9-12/h5-6,9-10,14H,2-4,7-8H2,1H3/t10-/m0/s1. The molecular formula is C13H18O. The molecule has 1 aromatic carbocycles. The van der Waals surface area contributed by atoms with E-state index in [-0.39, 0.29) is 6.61 Å². The highest BCUT2D eigenvalue weighted by molar-refractivity contribution is 5.36. The second kappa shape index (κ2) is 4.14. The molecule has 0 saturated carbocycles. The highest BCUT2D eigenvalue weighted by atomic mass is 16.3. The molecule has 0 saturated heterocycles. The van der Waals surface area contributed by atoms with Crippen LogP contribution in [0.1, 0.15) is 42.4 Å². The summed E-state index contributed by atoms with van der Waals surface area (Å²) in [6.45, 7) is 2.48. The summed E-state index contributed by atoms with van der Waals surface area (Å²) >= 11 is 0. The van der Waals surface area contributed by atoms with Gasteiger partial charge in [-0.2, -0.15) is 0 Å². The Hall–Kier alpha value is -0.820. The Bertz CT molecular complexity index is 317. The summed E-state index contributed by atoms with van der Waals surface area (Å²) in [5.41, 5.74) is 4.46. The fraction of sp³-hybridized carbons (Fsp3) is 0.538. The van der Waals surface area contributed by atoms with E-state index in [9.17, 15) is 0 Å². The van der Waals surface area contributed by atoms with E-state index in [1.165, 1.54) is 36.0 Å². The number of aliphatic hydroxyl groups excluding tert-OH is 1. The van der Waals surface area contributed by atoms with E-state index < -0.39 is 0 Å². The van der Waals surface area contributed by atoms with Crippen LogP contribution in [-0.4, -0.2) is 11.7 Å². The quantitative estimate of drug-likeness (QED) is 0.777. The van der Waals surface area contributed by atoms with Crippen LogP contribution in [-0.2, 0) is 12.8 Å². The maximum absolute atomic E-state index is 8.89. The van der Waals surface area contributed by atoms with Crippen LogP contribution in [0.3, 0.4) is 0 Å². The molecule has 1 aliphatic rings. The first kappa shape index (κ1) is 9.72. The minimum Gasteiger partial charge on any atom is -0.396 e. The Kier molecular flexibility index (Phi) is 2.87. The molecule has 0 aliphatic heterocycles. The lowest BCUT2D eigenvalue weighted by Gasteiger charge is -2.11. The van der Waals surface area contributed by atoms with Gasteiger partial charge in [0, 0.05) is 6.61 Å². The smallest absolute Gasteiger partial charge is 0.0436 e. The molecule has 0 aromatic heterocycles. The van der Waals surface area contributed by atoms with Crippen LogP contribution in [0.15, 0.2) is 18.2 Å². The molecule has 1 aliphatic carbocycles. The molecule has 1 heteroatoms. The molecule has 14 heavy (non-hydrogen) atoms. The Morgan fingerprint density at radius 3 is 2.86 bits per heavy atom. The number of hydrogen-bond donors (Lipinski definition) is 1. The van der Waals surface area contributed by atoms with Crippen LogP contribution in [0.5, 0.6) is 0 Å². The molecule has 0 spiro atoms. The van der Waals surface area contributed by atoms with Gasteiger partial charge in [-0.3, -0.25) is 0 Å². The number of rotatable bonds is 3. The number of aliphatic hydroxyl groups is 1. The molecule has 0 bridgehead atoms. The van der Waals surface area contributed by atoms with Crippen LogP contribution < -0.4 is 0 Å². The van der Waals surface area contributed by atoms with Gasteiger partial charge in [0.05, 0.1) is 0 Å². The fourth-order valence-electron chi connectivity index (χ4n) is 2.26. The minimum atomic E-state index is 0.290. The van der Waals surface area contributed by atoms with Crippen molar-refractivity contribution in [3.05, 3.63) is 34.9 Å². The molecule has 1 nitrogen and oxygen atoms in total. The fourth-order valence-corrected chi connectivity index (χ4v) is 2.26. The second-order valence-corrected chi connectivity index (χ2v) is 4.30. The van der Waals surface area contributed by atoms with Crippen LogP contribution in [0, 0.1) is 0 Å². The summed E-state index contributed by atoms with van der Waals surface area (Å²) in [6.07, 6.45) is 4.69. The van der Waals surface area contributed by atoms with Gasteiger partial charge < -0.3 is 5.11 Å². The van der Waals surface area contributed by atoms with Crippen molar-refractivity contribution in [2.75, 3.05) is 6.61 Å². The summed E-state index contributed by atoms with van der Waals surface area (Å²) in [4.78, 5) is 0. The molecule has 1 aromatic rings. The third-order valence-electron chi connectivity index (χ3n) is 3.25.